The molecule has 1 amide bonds. The Morgan fingerprint density at radius 1 is 1.03 bits per heavy atom. The molecule has 3 aromatic carbocycles. The highest BCUT2D eigenvalue weighted by Crippen LogP contribution is 2.20. The van der Waals surface area contributed by atoms with Crippen molar-refractivity contribution in [1.82, 2.24) is 14.9 Å². The number of hydrogen-bond donors (Lipinski definition) is 1. The molecule has 0 unspecified atom stereocenters. The van der Waals surface area contributed by atoms with Crippen LogP contribution in [0.5, 0.6) is 11.5 Å². The number of para-hydroxylation sites is 3. The van der Waals surface area contributed by atoms with E-state index in [0.717, 1.165) is 47.6 Å². The summed E-state index contributed by atoms with van der Waals surface area (Å²) >= 11 is 5.88. The van der Waals surface area contributed by atoms with Crippen molar-refractivity contribution in [3.63, 3.8) is 0 Å². The van der Waals surface area contributed by atoms with Crippen molar-refractivity contribution in [2.75, 3.05) is 13.2 Å². The SMILES string of the molecule is C=CCc1ccccc1OCCCn1c(CNC(=O)COc2ccc(Cl)cc2)nc2ccccc21. The molecule has 4 aromatic rings. The molecule has 4 rings (SSSR count). The summed E-state index contributed by atoms with van der Waals surface area (Å²) in [5, 5.41) is 3.52. The summed E-state index contributed by atoms with van der Waals surface area (Å²) in [6.07, 6.45) is 3.44. The van der Waals surface area contributed by atoms with Crippen molar-refractivity contribution in [2.45, 2.75) is 25.9 Å². The van der Waals surface area contributed by atoms with Gasteiger partial charge in [0.2, 0.25) is 0 Å². The molecule has 6 nitrogen and oxygen atoms in total. The second-order valence-corrected chi connectivity index (χ2v) is 8.43. The quantitative estimate of drug-likeness (QED) is 0.208. The number of amides is 1. The van der Waals surface area contributed by atoms with Crippen LogP contribution in [0.3, 0.4) is 0 Å². The first-order valence-corrected chi connectivity index (χ1v) is 11.9. The fourth-order valence-corrected chi connectivity index (χ4v) is 3.92. The standard InChI is InChI=1S/C28H28ClN3O3/c1-2-8-21-9-3-6-12-26(21)34-18-7-17-32-25-11-5-4-10-24(25)31-27(32)19-30-28(33)20-35-23-15-13-22(29)14-16-23/h2-6,9-16H,1,7-8,17-20H2,(H,30,33). The van der Waals surface area contributed by atoms with Crippen molar-refractivity contribution in [3.05, 3.63) is 102 Å². The minimum absolute atomic E-state index is 0.0835. The molecule has 0 aliphatic rings. The first-order chi connectivity index (χ1) is 17.1. The number of aromatic nitrogens is 2. The van der Waals surface area contributed by atoms with Crippen LogP contribution in [0, 0.1) is 0 Å². The van der Waals surface area contributed by atoms with Gasteiger partial charge in [-0.1, -0.05) is 48.0 Å². The van der Waals surface area contributed by atoms with Crippen LogP contribution in [0.1, 0.15) is 17.8 Å². The Balaban J connectivity index is 1.35. The maximum Gasteiger partial charge on any atom is 0.258 e. The van der Waals surface area contributed by atoms with Crippen LogP contribution >= 0.6 is 11.6 Å². The van der Waals surface area contributed by atoms with E-state index in [1.165, 1.54) is 0 Å². The Bertz CT molecular complexity index is 1280. The van der Waals surface area contributed by atoms with Crippen molar-refractivity contribution in [3.8, 4) is 11.5 Å². The first kappa shape index (κ1) is 24.4. The van der Waals surface area contributed by atoms with E-state index in [1.54, 1.807) is 24.3 Å². The summed E-state index contributed by atoms with van der Waals surface area (Å²) in [4.78, 5) is 17.1. The van der Waals surface area contributed by atoms with Gasteiger partial charge in [-0.25, -0.2) is 4.98 Å². The molecule has 1 N–H and O–H groups in total. The van der Waals surface area contributed by atoms with Gasteiger partial charge in [0.05, 0.1) is 24.2 Å². The van der Waals surface area contributed by atoms with Crippen LogP contribution in [0.2, 0.25) is 5.02 Å². The predicted octanol–water partition coefficient (Wildman–Crippen LogP) is 5.58. The van der Waals surface area contributed by atoms with Crippen LogP contribution < -0.4 is 14.8 Å². The second-order valence-electron chi connectivity index (χ2n) is 7.99. The van der Waals surface area contributed by atoms with Crippen LogP contribution in [0.4, 0.5) is 0 Å². The summed E-state index contributed by atoms with van der Waals surface area (Å²) in [6, 6.07) is 22.9. The van der Waals surface area contributed by atoms with E-state index in [2.05, 4.69) is 22.5 Å². The minimum atomic E-state index is -0.222. The molecule has 7 heteroatoms. The molecule has 35 heavy (non-hydrogen) atoms. The Morgan fingerprint density at radius 3 is 2.63 bits per heavy atom. The van der Waals surface area contributed by atoms with Crippen LogP contribution in [0.25, 0.3) is 11.0 Å². The van der Waals surface area contributed by atoms with Crippen molar-refractivity contribution in [2.24, 2.45) is 0 Å². The molecule has 0 radical (unpaired) electrons. The topological polar surface area (TPSA) is 65.4 Å². The zero-order valence-corrected chi connectivity index (χ0v) is 20.2. The second kappa shape index (κ2) is 12.1. The normalized spacial score (nSPS) is 10.8. The first-order valence-electron chi connectivity index (χ1n) is 11.5. The number of halogens is 1. The van der Waals surface area contributed by atoms with Crippen LogP contribution in [0.15, 0.2) is 85.5 Å². The lowest BCUT2D eigenvalue weighted by molar-refractivity contribution is -0.123. The van der Waals surface area contributed by atoms with E-state index in [4.69, 9.17) is 26.1 Å². The number of hydrogen-bond acceptors (Lipinski definition) is 4. The summed E-state index contributed by atoms with van der Waals surface area (Å²) in [6.45, 7) is 5.33. The van der Waals surface area contributed by atoms with E-state index in [9.17, 15) is 4.79 Å². The number of carbonyl (C=O) groups excluding carboxylic acids is 1. The van der Waals surface area contributed by atoms with E-state index in [1.807, 2.05) is 48.5 Å². The van der Waals surface area contributed by atoms with E-state index in [-0.39, 0.29) is 12.5 Å². The average Bonchev–Trinajstić information content (AvgIpc) is 3.23. The third kappa shape index (κ3) is 6.64. The molecular formula is C28H28ClN3O3. The molecule has 0 fully saturated rings. The van der Waals surface area contributed by atoms with Crippen molar-refractivity contribution in [1.29, 1.82) is 0 Å². The number of carbonyl (C=O) groups is 1. The number of ether oxygens (including phenoxy) is 2. The average molecular weight is 490 g/mol. The Hall–Kier alpha value is -3.77. The molecular weight excluding hydrogens is 462 g/mol. The predicted molar refractivity (Wildman–Crippen MR) is 139 cm³/mol. The fourth-order valence-electron chi connectivity index (χ4n) is 3.79. The molecule has 0 atom stereocenters. The highest BCUT2D eigenvalue weighted by Gasteiger charge is 2.12. The monoisotopic (exact) mass is 489 g/mol. The van der Waals surface area contributed by atoms with Gasteiger partial charge in [0, 0.05) is 11.6 Å². The number of aryl methyl sites for hydroxylation is 1. The third-order valence-electron chi connectivity index (χ3n) is 5.48. The maximum absolute atomic E-state index is 12.4. The molecule has 0 aliphatic carbocycles. The fraction of sp³-hybridized carbons (Fsp3) is 0.214. The van der Waals surface area contributed by atoms with Gasteiger partial charge in [-0.15, -0.1) is 6.58 Å². The van der Waals surface area contributed by atoms with Gasteiger partial charge in [0.15, 0.2) is 6.61 Å². The molecule has 180 valence electrons. The molecule has 0 saturated carbocycles. The largest absolute Gasteiger partial charge is 0.493 e. The van der Waals surface area contributed by atoms with E-state index < -0.39 is 0 Å². The summed E-state index contributed by atoms with van der Waals surface area (Å²) in [5.41, 5.74) is 3.05. The lowest BCUT2D eigenvalue weighted by Gasteiger charge is -2.13. The van der Waals surface area contributed by atoms with Gasteiger partial charge in [-0.2, -0.15) is 0 Å². The number of imidazole rings is 1. The number of allylic oxidation sites excluding steroid dienone is 1. The van der Waals surface area contributed by atoms with E-state index in [0.29, 0.717) is 23.9 Å². The summed E-state index contributed by atoms with van der Waals surface area (Å²) < 4.78 is 13.7. The zero-order valence-electron chi connectivity index (χ0n) is 19.5. The lowest BCUT2D eigenvalue weighted by Crippen LogP contribution is -2.29. The number of nitrogens with one attached hydrogen (secondary N) is 1. The number of benzene rings is 3. The number of rotatable bonds is 12. The van der Waals surface area contributed by atoms with Crippen molar-refractivity contribution >= 4 is 28.5 Å². The molecule has 1 heterocycles. The Labute approximate surface area is 210 Å². The van der Waals surface area contributed by atoms with Gasteiger partial charge in [-0.05, 0) is 60.9 Å². The summed E-state index contributed by atoms with van der Waals surface area (Å²) in [7, 11) is 0. The molecule has 0 spiro atoms. The maximum atomic E-state index is 12.4. The van der Waals surface area contributed by atoms with Crippen LogP contribution in [-0.4, -0.2) is 28.7 Å². The zero-order chi connectivity index (χ0) is 24.5. The Morgan fingerprint density at radius 2 is 1.80 bits per heavy atom. The van der Waals surface area contributed by atoms with E-state index >= 15 is 0 Å². The highest BCUT2D eigenvalue weighted by molar-refractivity contribution is 6.30. The van der Waals surface area contributed by atoms with Gasteiger partial charge in [0.1, 0.15) is 17.3 Å². The summed E-state index contributed by atoms with van der Waals surface area (Å²) in [5.74, 6) is 2.04. The highest BCUT2D eigenvalue weighted by atomic mass is 35.5. The number of fused-ring (bicyclic) bond motifs is 1. The Kier molecular flexibility index (Phi) is 8.41. The van der Waals surface area contributed by atoms with Crippen LogP contribution in [-0.2, 0) is 24.3 Å². The third-order valence-corrected chi connectivity index (χ3v) is 5.73. The van der Waals surface area contributed by atoms with Crippen molar-refractivity contribution < 1.29 is 14.3 Å². The van der Waals surface area contributed by atoms with Gasteiger partial charge in [0.25, 0.3) is 5.91 Å². The smallest absolute Gasteiger partial charge is 0.258 e. The lowest BCUT2D eigenvalue weighted by atomic mass is 10.1. The molecule has 1 aromatic heterocycles. The molecule has 0 aliphatic heterocycles. The molecule has 0 saturated heterocycles. The minimum Gasteiger partial charge on any atom is -0.493 e. The number of nitrogens with zero attached hydrogens (tertiary/aromatic N) is 2. The van der Waals surface area contributed by atoms with Gasteiger partial charge < -0.3 is 19.4 Å². The van der Waals surface area contributed by atoms with Gasteiger partial charge >= 0.3 is 0 Å². The van der Waals surface area contributed by atoms with Gasteiger partial charge in [-0.3, -0.25) is 4.79 Å². The molecule has 0 bridgehead atoms.